The van der Waals surface area contributed by atoms with Gasteiger partial charge < -0.3 is 5.32 Å². The zero-order valence-corrected chi connectivity index (χ0v) is 12.3. The summed E-state index contributed by atoms with van der Waals surface area (Å²) >= 11 is 5.04. The lowest BCUT2D eigenvalue weighted by Crippen LogP contribution is -2.25. The molecule has 0 saturated heterocycles. The second-order valence-corrected chi connectivity index (χ2v) is 5.72. The van der Waals surface area contributed by atoms with Crippen molar-refractivity contribution in [1.29, 1.82) is 5.26 Å². The number of carbonyl (C=O) groups is 1. The summed E-state index contributed by atoms with van der Waals surface area (Å²) in [5, 5.41) is 13.6. The van der Waals surface area contributed by atoms with Gasteiger partial charge in [0.05, 0.1) is 11.1 Å². The van der Waals surface area contributed by atoms with Crippen molar-refractivity contribution in [2.24, 2.45) is 0 Å². The van der Waals surface area contributed by atoms with Crippen LogP contribution in [0.2, 0.25) is 0 Å². The number of nitriles is 1. The largest absolute Gasteiger partial charge is 0.352 e. The monoisotopic (exact) mass is 335 g/mol. The Bertz CT molecular complexity index is 633. The van der Waals surface area contributed by atoms with Gasteiger partial charge in [0.1, 0.15) is 6.07 Å². The summed E-state index contributed by atoms with van der Waals surface area (Å²) in [5.41, 5.74) is 0.793. The Morgan fingerprint density at radius 3 is 3.00 bits per heavy atom. The molecule has 96 valence electrons. The zero-order valence-electron chi connectivity index (χ0n) is 9.89. The van der Waals surface area contributed by atoms with Gasteiger partial charge in [0.15, 0.2) is 0 Å². The van der Waals surface area contributed by atoms with Crippen molar-refractivity contribution in [3.63, 3.8) is 0 Å². The van der Waals surface area contributed by atoms with Gasteiger partial charge >= 0.3 is 0 Å². The highest BCUT2D eigenvalue weighted by molar-refractivity contribution is 9.10. The molecule has 2 rings (SSSR count). The summed E-state index contributed by atoms with van der Waals surface area (Å²) in [7, 11) is 0. The van der Waals surface area contributed by atoms with E-state index in [0.717, 1.165) is 10.9 Å². The van der Waals surface area contributed by atoms with Gasteiger partial charge in [-0.3, -0.25) is 9.78 Å². The van der Waals surface area contributed by atoms with E-state index in [1.54, 1.807) is 11.3 Å². The first kappa shape index (κ1) is 13.7. The van der Waals surface area contributed by atoms with Crippen molar-refractivity contribution in [2.45, 2.75) is 6.42 Å². The SMILES string of the molecule is N#Cc1cncc(C(=O)NCCc2cc(Br)cs2)c1. The van der Waals surface area contributed by atoms with Crippen LogP contribution in [0.1, 0.15) is 20.8 Å². The lowest BCUT2D eigenvalue weighted by molar-refractivity contribution is 0.0954. The molecule has 0 fully saturated rings. The average Bonchev–Trinajstić information content (AvgIpc) is 2.84. The van der Waals surface area contributed by atoms with Crippen LogP contribution in [-0.2, 0) is 6.42 Å². The third-order valence-corrected chi connectivity index (χ3v) is 4.17. The molecular weight excluding hydrogens is 326 g/mol. The Morgan fingerprint density at radius 2 is 2.32 bits per heavy atom. The highest BCUT2D eigenvalue weighted by atomic mass is 79.9. The van der Waals surface area contributed by atoms with Gasteiger partial charge in [0.2, 0.25) is 0 Å². The van der Waals surface area contributed by atoms with E-state index in [4.69, 9.17) is 5.26 Å². The first-order valence-corrected chi connectivity index (χ1v) is 7.22. The minimum Gasteiger partial charge on any atom is -0.352 e. The molecule has 0 radical (unpaired) electrons. The van der Waals surface area contributed by atoms with Gasteiger partial charge in [0, 0.05) is 33.7 Å². The normalized spacial score (nSPS) is 9.89. The number of hydrogen-bond donors (Lipinski definition) is 1. The van der Waals surface area contributed by atoms with Gasteiger partial charge in [0.25, 0.3) is 5.91 Å². The second-order valence-electron chi connectivity index (χ2n) is 3.81. The molecule has 0 aromatic carbocycles. The van der Waals surface area contributed by atoms with Crippen molar-refractivity contribution in [3.05, 3.63) is 50.4 Å². The van der Waals surface area contributed by atoms with Crippen LogP contribution >= 0.6 is 27.3 Å². The smallest absolute Gasteiger partial charge is 0.252 e. The van der Waals surface area contributed by atoms with Crippen LogP contribution in [0.3, 0.4) is 0 Å². The van der Waals surface area contributed by atoms with Crippen molar-refractivity contribution in [3.8, 4) is 6.07 Å². The lowest BCUT2D eigenvalue weighted by Gasteiger charge is -2.04. The Balaban J connectivity index is 1.89. The molecule has 0 saturated carbocycles. The fourth-order valence-electron chi connectivity index (χ4n) is 1.51. The van der Waals surface area contributed by atoms with E-state index < -0.39 is 0 Å². The van der Waals surface area contributed by atoms with Crippen LogP contribution in [0.15, 0.2) is 34.4 Å². The number of pyridine rings is 1. The molecule has 2 aromatic rings. The standard InChI is InChI=1S/C13H10BrN3OS/c14-11-4-12(19-8-11)1-2-17-13(18)10-3-9(5-15)6-16-7-10/h3-4,6-8H,1-2H2,(H,17,18). The van der Waals surface area contributed by atoms with Gasteiger partial charge in [-0.05, 0) is 34.5 Å². The molecule has 19 heavy (non-hydrogen) atoms. The summed E-state index contributed by atoms with van der Waals surface area (Å²) in [5.74, 6) is -0.208. The molecule has 6 heteroatoms. The van der Waals surface area contributed by atoms with Gasteiger partial charge in [-0.25, -0.2) is 0 Å². The Kier molecular flexibility index (Phi) is 4.66. The predicted octanol–water partition coefficient (Wildman–Crippen LogP) is 2.75. The maximum Gasteiger partial charge on any atom is 0.252 e. The van der Waals surface area contributed by atoms with Gasteiger partial charge in [-0.1, -0.05) is 0 Å². The first-order valence-electron chi connectivity index (χ1n) is 5.55. The molecule has 1 N–H and O–H groups in total. The van der Waals surface area contributed by atoms with Crippen LogP contribution in [0.5, 0.6) is 0 Å². The second kappa shape index (κ2) is 6.45. The number of halogens is 1. The lowest BCUT2D eigenvalue weighted by atomic mass is 10.2. The van der Waals surface area contributed by atoms with E-state index in [1.807, 2.05) is 17.5 Å². The molecule has 0 unspecified atom stereocenters. The minimum atomic E-state index is -0.208. The number of nitrogens with zero attached hydrogens (tertiary/aromatic N) is 2. The predicted molar refractivity (Wildman–Crippen MR) is 77.0 cm³/mol. The van der Waals surface area contributed by atoms with E-state index in [0.29, 0.717) is 17.7 Å². The third-order valence-electron chi connectivity index (χ3n) is 2.41. The summed E-state index contributed by atoms with van der Waals surface area (Å²) in [6.45, 7) is 0.558. The number of hydrogen-bond acceptors (Lipinski definition) is 4. The number of amides is 1. The van der Waals surface area contributed by atoms with Crippen LogP contribution in [0, 0.1) is 11.3 Å². The van der Waals surface area contributed by atoms with Crippen molar-refractivity contribution in [2.75, 3.05) is 6.54 Å². The van der Waals surface area contributed by atoms with Crippen molar-refractivity contribution in [1.82, 2.24) is 10.3 Å². The molecule has 0 aliphatic heterocycles. The van der Waals surface area contributed by atoms with Crippen LogP contribution < -0.4 is 5.32 Å². The van der Waals surface area contributed by atoms with E-state index in [1.165, 1.54) is 23.3 Å². The maximum atomic E-state index is 11.8. The zero-order chi connectivity index (χ0) is 13.7. The quantitative estimate of drug-likeness (QED) is 0.934. The fraction of sp³-hybridized carbons (Fsp3) is 0.154. The molecule has 0 aliphatic rings. The Hall–Kier alpha value is -1.71. The maximum absolute atomic E-state index is 11.8. The molecule has 2 heterocycles. The van der Waals surface area contributed by atoms with E-state index in [9.17, 15) is 4.79 Å². The number of rotatable bonds is 4. The molecule has 2 aromatic heterocycles. The van der Waals surface area contributed by atoms with Gasteiger partial charge in [-0.2, -0.15) is 5.26 Å². The number of carbonyl (C=O) groups excluding carboxylic acids is 1. The topological polar surface area (TPSA) is 65.8 Å². The number of aromatic nitrogens is 1. The highest BCUT2D eigenvalue weighted by Gasteiger charge is 2.06. The average molecular weight is 336 g/mol. The Morgan fingerprint density at radius 1 is 1.47 bits per heavy atom. The number of nitrogens with one attached hydrogen (secondary N) is 1. The van der Waals surface area contributed by atoms with Crippen molar-refractivity contribution >= 4 is 33.2 Å². The van der Waals surface area contributed by atoms with Crippen molar-refractivity contribution < 1.29 is 4.79 Å². The molecule has 0 atom stereocenters. The molecule has 0 aliphatic carbocycles. The molecule has 4 nitrogen and oxygen atoms in total. The van der Waals surface area contributed by atoms with Crippen LogP contribution in [-0.4, -0.2) is 17.4 Å². The van der Waals surface area contributed by atoms with Gasteiger partial charge in [-0.15, -0.1) is 11.3 Å². The molecule has 1 amide bonds. The highest BCUT2D eigenvalue weighted by Crippen LogP contribution is 2.19. The summed E-state index contributed by atoms with van der Waals surface area (Å²) < 4.78 is 1.06. The Labute approximate surface area is 123 Å². The van der Waals surface area contributed by atoms with E-state index >= 15 is 0 Å². The van der Waals surface area contributed by atoms with E-state index in [2.05, 4.69) is 26.2 Å². The van der Waals surface area contributed by atoms with E-state index in [-0.39, 0.29) is 5.91 Å². The van der Waals surface area contributed by atoms with Crippen LogP contribution in [0.4, 0.5) is 0 Å². The number of thiophene rings is 1. The molecule has 0 bridgehead atoms. The fourth-order valence-corrected chi connectivity index (χ4v) is 2.97. The third kappa shape index (κ3) is 3.88. The van der Waals surface area contributed by atoms with Crippen LogP contribution in [0.25, 0.3) is 0 Å². The minimum absolute atomic E-state index is 0.208. The molecular formula is C13H10BrN3OS. The summed E-state index contributed by atoms with van der Waals surface area (Å²) in [6, 6.07) is 5.53. The summed E-state index contributed by atoms with van der Waals surface area (Å²) in [4.78, 5) is 16.9. The molecule has 0 spiro atoms. The summed E-state index contributed by atoms with van der Waals surface area (Å²) in [6.07, 6.45) is 3.67. The first-order chi connectivity index (χ1) is 9.19.